The third-order valence-electron chi connectivity index (χ3n) is 2.17. The van der Waals surface area contributed by atoms with Crippen LogP contribution in [-0.4, -0.2) is 18.0 Å². The summed E-state index contributed by atoms with van der Waals surface area (Å²) in [7, 11) is 0. The molecule has 0 heterocycles. The van der Waals surface area contributed by atoms with Crippen molar-refractivity contribution in [3.8, 4) is 0 Å². The lowest BCUT2D eigenvalue weighted by molar-refractivity contribution is -0.126. The summed E-state index contributed by atoms with van der Waals surface area (Å²) >= 11 is 5.74. The Balaban J connectivity index is 2.89. The molecule has 6 heteroatoms. The van der Waals surface area contributed by atoms with Crippen LogP contribution in [0.5, 0.6) is 0 Å². The molecule has 0 aliphatic carbocycles. The van der Waals surface area contributed by atoms with Crippen LogP contribution in [0, 0.1) is 0 Å². The summed E-state index contributed by atoms with van der Waals surface area (Å²) in [6.07, 6.45) is -0.650. The van der Waals surface area contributed by atoms with E-state index in [1.54, 1.807) is 13.0 Å². The molecule has 0 saturated carbocycles. The third kappa shape index (κ3) is 3.35. The minimum atomic E-state index is -0.958. The standard InChI is InChI=1S/C11H13ClN2O3/c1-2-9(10(14)15)17-11(16)7-5-6(12)3-4-8(7)13/h3-5,9H,2,13H2,1H3,(H2,14,15). The maximum absolute atomic E-state index is 11.7. The van der Waals surface area contributed by atoms with Crippen molar-refractivity contribution in [1.29, 1.82) is 0 Å². The largest absolute Gasteiger partial charge is 0.449 e. The van der Waals surface area contributed by atoms with E-state index < -0.39 is 18.0 Å². The molecule has 1 amide bonds. The normalized spacial score (nSPS) is 11.9. The number of ether oxygens (including phenoxy) is 1. The first-order chi connectivity index (χ1) is 7.95. The summed E-state index contributed by atoms with van der Waals surface area (Å²) in [5.74, 6) is -1.41. The van der Waals surface area contributed by atoms with Gasteiger partial charge in [-0.2, -0.15) is 0 Å². The number of nitrogens with two attached hydrogens (primary N) is 2. The molecule has 4 N–H and O–H groups in total. The molecule has 1 rings (SSSR count). The molecule has 0 aliphatic rings. The van der Waals surface area contributed by atoms with E-state index in [1.165, 1.54) is 12.1 Å². The topological polar surface area (TPSA) is 95.4 Å². The Bertz CT molecular complexity index is 448. The number of carbonyl (C=O) groups is 2. The third-order valence-corrected chi connectivity index (χ3v) is 2.41. The quantitative estimate of drug-likeness (QED) is 0.628. The van der Waals surface area contributed by atoms with Gasteiger partial charge in [-0.15, -0.1) is 0 Å². The van der Waals surface area contributed by atoms with E-state index >= 15 is 0 Å². The van der Waals surface area contributed by atoms with Gasteiger partial charge in [0.05, 0.1) is 5.56 Å². The highest BCUT2D eigenvalue weighted by Gasteiger charge is 2.20. The second kappa shape index (κ2) is 5.54. The van der Waals surface area contributed by atoms with Gasteiger partial charge in [0, 0.05) is 10.7 Å². The van der Waals surface area contributed by atoms with E-state index in [0.717, 1.165) is 0 Å². The number of primary amides is 1. The van der Waals surface area contributed by atoms with Crippen molar-refractivity contribution in [2.24, 2.45) is 5.73 Å². The van der Waals surface area contributed by atoms with Crippen molar-refractivity contribution >= 4 is 29.2 Å². The van der Waals surface area contributed by atoms with Gasteiger partial charge in [0.25, 0.3) is 5.91 Å². The van der Waals surface area contributed by atoms with Crippen molar-refractivity contribution in [3.63, 3.8) is 0 Å². The van der Waals surface area contributed by atoms with Gasteiger partial charge in [0.15, 0.2) is 6.10 Å². The fraction of sp³-hybridized carbons (Fsp3) is 0.273. The zero-order chi connectivity index (χ0) is 13.0. The van der Waals surface area contributed by atoms with Crippen molar-refractivity contribution in [2.75, 3.05) is 5.73 Å². The zero-order valence-corrected chi connectivity index (χ0v) is 10.0. The molecular weight excluding hydrogens is 244 g/mol. The highest BCUT2D eigenvalue weighted by atomic mass is 35.5. The predicted octanol–water partition coefficient (Wildman–Crippen LogP) is 1.34. The van der Waals surface area contributed by atoms with Gasteiger partial charge in [-0.1, -0.05) is 18.5 Å². The first-order valence-electron chi connectivity index (χ1n) is 5.01. The van der Waals surface area contributed by atoms with Crippen LogP contribution in [0.3, 0.4) is 0 Å². The lowest BCUT2D eigenvalue weighted by atomic mass is 10.2. The lowest BCUT2D eigenvalue weighted by Gasteiger charge is -2.13. The maximum Gasteiger partial charge on any atom is 0.341 e. The summed E-state index contributed by atoms with van der Waals surface area (Å²) in [6.45, 7) is 1.68. The molecule has 0 radical (unpaired) electrons. The lowest BCUT2D eigenvalue weighted by Crippen LogP contribution is -2.32. The van der Waals surface area contributed by atoms with Gasteiger partial charge in [-0.25, -0.2) is 4.79 Å². The molecular formula is C11H13ClN2O3. The van der Waals surface area contributed by atoms with Gasteiger partial charge < -0.3 is 16.2 Å². The fourth-order valence-electron chi connectivity index (χ4n) is 1.24. The molecule has 0 aliphatic heterocycles. The summed E-state index contributed by atoms with van der Waals surface area (Å²) < 4.78 is 4.93. The van der Waals surface area contributed by atoms with Crippen LogP contribution in [0.1, 0.15) is 23.7 Å². The molecule has 0 spiro atoms. The number of anilines is 1. The SMILES string of the molecule is CCC(OC(=O)c1cc(Cl)ccc1N)C(N)=O. The van der Waals surface area contributed by atoms with Crippen molar-refractivity contribution in [3.05, 3.63) is 28.8 Å². The molecule has 0 fully saturated rings. The summed E-state index contributed by atoms with van der Waals surface area (Å²) in [5, 5.41) is 0.360. The van der Waals surface area contributed by atoms with Crippen LogP contribution < -0.4 is 11.5 Å². The maximum atomic E-state index is 11.7. The van der Waals surface area contributed by atoms with E-state index in [9.17, 15) is 9.59 Å². The van der Waals surface area contributed by atoms with Crippen LogP contribution in [0.15, 0.2) is 18.2 Å². The van der Waals surface area contributed by atoms with E-state index in [4.69, 9.17) is 27.8 Å². The molecule has 17 heavy (non-hydrogen) atoms. The number of halogens is 1. The van der Waals surface area contributed by atoms with Gasteiger partial charge in [-0.05, 0) is 24.6 Å². The molecule has 0 aromatic heterocycles. The van der Waals surface area contributed by atoms with Crippen molar-refractivity contribution in [2.45, 2.75) is 19.4 Å². The summed E-state index contributed by atoms with van der Waals surface area (Å²) in [6, 6.07) is 4.43. The van der Waals surface area contributed by atoms with Crippen LogP contribution in [0.25, 0.3) is 0 Å². The Hall–Kier alpha value is -1.75. The Morgan fingerprint density at radius 1 is 1.47 bits per heavy atom. The fourth-order valence-corrected chi connectivity index (χ4v) is 1.41. The molecule has 5 nitrogen and oxygen atoms in total. The van der Waals surface area contributed by atoms with Gasteiger partial charge >= 0.3 is 5.97 Å². The molecule has 1 aromatic carbocycles. The Labute approximate surface area is 104 Å². The second-order valence-corrected chi connectivity index (χ2v) is 3.87. The predicted molar refractivity (Wildman–Crippen MR) is 64.6 cm³/mol. The first-order valence-corrected chi connectivity index (χ1v) is 5.38. The highest BCUT2D eigenvalue weighted by molar-refractivity contribution is 6.31. The number of hydrogen-bond donors (Lipinski definition) is 2. The van der Waals surface area contributed by atoms with Crippen LogP contribution in [0.4, 0.5) is 5.69 Å². The smallest absolute Gasteiger partial charge is 0.341 e. The zero-order valence-electron chi connectivity index (χ0n) is 9.27. The molecule has 0 saturated heterocycles. The number of hydrogen-bond acceptors (Lipinski definition) is 4. The van der Waals surface area contributed by atoms with Crippen molar-refractivity contribution in [1.82, 2.24) is 0 Å². The number of nitrogen functional groups attached to an aromatic ring is 1. The summed E-state index contributed by atoms with van der Waals surface area (Å²) in [4.78, 5) is 22.7. The van der Waals surface area contributed by atoms with Crippen LogP contribution in [-0.2, 0) is 9.53 Å². The van der Waals surface area contributed by atoms with Gasteiger partial charge in [0.1, 0.15) is 0 Å². The Morgan fingerprint density at radius 2 is 2.12 bits per heavy atom. The van der Waals surface area contributed by atoms with E-state index in [1.807, 2.05) is 0 Å². The van der Waals surface area contributed by atoms with E-state index in [0.29, 0.717) is 11.4 Å². The highest BCUT2D eigenvalue weighted by Crippen LogP contribution is 2.19. The second-order valence-electron chi connectivity index (χ2n) is 3.44. The number of esters is 1. The monoisotopic (exact) mass is 256 g/mol. The average molecular weight is 257 g/mol. The first kappa shape index (κ1) is 13.3. The van der Waals surface area contributed by atoms with Gasteiger partial charge in [-0.3, -0.25) is 4.79 Å². The molecule has 1 aromatic rings. The van der Waals surface area contributed by atoms with E-state index in [2.05, 4.69) is 0 Å². The van der Waals surface area contributed by atoms with Gasteiger partial charge in [0.2, 0.25) is 0 Å². The van der Waals surface area contributed by atoms with E-state index in [-0.39, 0.29) is 11.3 Å². The molecule has 92 valence electrons. The number of carbonyl (C=O) groups excluding carboxylic acids is 2. The van der Waals surface area contributed by atoms with Crippen LogP contribution >= 0.6 is 11.6 Å². The average Bonchev–Trinajstić information content (AvgIpc) is 2.28. The number of benzene rings is 1. The van der Waals surface area contributed by atoms with Crippen LogP contribution in [0.2, 0.25) is 5.02 Å². The van der Waals surface area contributed by atoms with Crippen molar-refractivity contribution < 1.29 is 14.3 Å². The molecule has 0 bridgehead atoms. The number of rotatable bonds is 4. The minimum Gasteiger partial charge on any atom is -0.449 e. The Kier molecular flexibility index (Phi) is 4.34. The molecule has 1 unspecified atom stereocenters. The Morgan fingerprint density at radius 3 is 2.65 bits per heavy atom. The summed E-state index contributed by atoms with van der Waals surface area (Å²) in [5.41, 5.74) is 11.0. The number of amides is 1. The molecule has 1 atom stereocenters. The minimum absolute atomic E-state index is 0.122.